The van der Waals surface area contributed by atoms with Gasteiger partial charge in [-0.1, -0.05) is 11.6 Å². The molecule has 1 aromatic heterocycles. The van der Waals surface area contributed by atoms with Crippen molar-refractivity contribution in [3.8, 4) is 0 Å². The summed E-state index contributed by atoms with van der Waals surface area (Å²) in [4.78, 5) is 22.0. The number of aliphatic imine (C=N–C) groups is 1. The molecule has 0 aliphatic carbocycles. The summed E-state index contributed by atoms with van der Waals surface area (Å²) in [6, 6.07) is 0. The molecule has 1 heterocycles. The molecule has 0 unspecified atom stereocenters. The fourth-order valence-corrected chi connectivity index (χ4v) is 1.95. The predicted molar refractivity (Wildman–Crippen MR) is 89.8 cm³/mol. The first-order chi connectivity index (χ1) is 10.9. The van der Waals surface area contributed by atoms with Crippen molar-refractivity contribution in [3.63, 3.8) is 0 Å². The summed E-state index contributed by atoms with van der Waals surface area (Å²) in [5, 5.41) is 14.5. The van der Waals surface area contributed by atoms with Crippen molar-refractivity contribution < 1.29 is 9.66 Å². The molecule has 0 saturated heterocycles. The molecule has 0 amide bonds. The monoisotopic (exact) mass is 361 g/mol. The number of halogens is 2. The highest BCUT2D eigenvalue weighted by atomic mass is 35.5. The van der Waals surface area contributed by atoms with Crippen molar-refractivity contribution in [2.45, 2.75) is 20.3 Å². The maximum atomic E-state index is 11.0. The highest BCUT2D eigenvalue weighted by Crippen LogP contribution is 2.19. The van der Waals surface area contributed by atoms with E-state index in [0.29, 0.717) is 36.1 Å². The van der Waals surface area contributed by atoms with Crippen LogP contribution < -0.4 is 5.32 Å². The summed E-state index contributed by atoms with van der Waals surface area (Å²) >= 11 is 11.6. The Balaban J connectivity index is 2.50. The molecule has 0 aliphatic heterocycles. The van der Waals surface area contributed by atoms with E-state index in [1.165, 1.54) is 13.2 Å². The lowest BCUT2D eigenvalue weighted by Gasteiger charge is -2.09. The van der Waals surface area contributed by atoms with Crippen LogP contribution in [0.4, 0.5) is 5.82 Å². The highest BCUT2D eigenvalue weighted by Gasteiger charge is 2.20. The fraction of sp³-hybridized carbons (Fsp3) is 0.462. The van der Waals surface area contributed by atoms with Gasteiger partial charge in [0, 0.05) is 20.5 Å². The molecular weight excluding hydrogens is 345 g/mol. The molecule has 1 N–H and O–H groups in total. The molecule has 0 radical (unpaired) electrons. The number of hydrogen-bond donors (Lipinski definition) is 1. The van der Waals surface area contributed by atoms with Crippen LogP contribution in [0.3, 0.4) is 0 Å². The van der Waals surface area contributed by atoms with E-state index in [2.05, 4.69) is 20.3 Å². The van der Waals surface area contributed by atoms with E-state index < -0.39 is 4.92 Å². The number of rotatable bonds is 8. The third kappa shape index (κ3) is 5.99. The van der Waals surface area contributed by atoms with E-state index in [1.807, 2.05) is 0 Å². The van der Waals surface area contributed by atoms with Crippen LogP contribution in [0.1, 0.15) is 20.3 Å². The molecule has 0 bridgehead atoms. The molecular formula is C13H17Cl2N5O3. The third-order valence-corrected chi connectivity index (χ3v) is 3.30. The molecule has 0 atom stereocenters. The molecule has 0 aromatic carbocycles. The number of nitrogens with one attached hydrogen (secondary N) is 1. The second kappa shape index (κ2) is 9.26. The van der Waals surface area contributed by atoms with Crippen LogP contribution >= 0.6 is 23.2 Å². The van der Waals surface area contributed by atoms with Gasteiger partial charge in [0.2, 0.25) is 5.28 Å². The average Bonchev–Trinajstić information content (AvgIpc) is 2.49. The van der Waals surface area contributed by atoms with Gasteiger partial charge in [0.1, 0.15) is 16.6 Å². The molecule has 23 heavy (non-hydrogen) atoms. The second-order valence-corrected chi connectivity index (χ2v) is 5.18. The number of hydrogen-bond acceptors (Lipinski definition) is 7. The SMILES string of the molecule is CN=C(C)/C(=C(\C)OCCCNc1nc(Cl)ncc1Cl)[N+](=O)[O-]. The topological polar surface area (TPSA) is 103 Å². The van der Waals surface area contributed by atoms with Gasteiger partial charge in [-0.3, -0.25) is 15.1 Å². The van der Waals surface area contributed by atoms with Crippen LogP contribution in [0.15, 0.2) is 22.6 Å². The van der Waals surface area contributed by atoms with Crippen LogP contribution in [0, 0.1) is 10.1 Å². The normalized spacial score (nSPS) is 12.7. The minimum Gasteiger partial charge on any atom is -0.491 e. The summed E-state index contributed by atoms with van der Waals surface area (Å²) in [5.74, 6) is 0.653. The van der Waals surface area contributed by atoms with Crippen molar-refractivity contribution in [2.75, 3.05) is 25.5 Å². The molecule has 0 fully saturated rings. The maximum Gasteiger partial charge on any atom is 0.326 e. The standard InChI is InChI=1S/C13H17Cl2N5O3/c1-8(16-3)11(20(21)22)9(2)23-6-4-5-17-12-10(14)7-18-13(15)19-12/h7H,4-6H2,1-3H3,(H,17,18,19)/b11-9-,16-8?. The summed E-state index contributed by atoms with van der Waals surface area (Å²) < 4.78 is 5.41. The lowest BCUT2D eigenvalue weighted by atomic mass is 10.2. The minimum atomic E-state index is -0.501. The second-order valence-electron chi connectivity index (χ2n) is 4.44. The van der Waals surface area contributed by atoms with Gasteiger partial charge in [0.15, 0.2) is 5.76 Å². The van der Waals surface area contributed by atoms with E-state index in [1.54, 1.807) is 13.8 Å². The van der Waals surface area contributed by atoms with Crippen molar-refractivity contribution in [2.24, 2.45) is 4.99 Å². The van der Waals surface area contributed by atoms with E-state index >= 15 is 0 Å². The summed E-state index contributed by atoms with van der Waals surface area (Å²) in [7, 11) is 1.49. The molecule has 0 spiro atoms. The fourth-order valence-electron chi connectivity index (χ4n) is 1.66. The Morgan fingerprint density at radius 2 is 2.17 bits per heavy atom. The Hall–Kier alpha value is -1.93. The van der Waals surface area contributed by atoms with Gasteiger partial charge >= 0.3 is 5.70 Å². The van der Waals surface area contributed by atoms with Gasteiger partial charge in [0.25, 0.3) is 0 Å². The number of anilines is 1. The first kappa shape index (κ1) is 19.1. The first-order valence-corrected chi connectivity index (χ1v) is 7.46. The largest absolute Gasteiger partial charge is 0.491 e. The molecule has 8 nitrogen and oxygen atoms in total. The van der Waals surface area contributed by atoms with E-state index in [4.69, 9.17) is 27.9 Å². The van der Waals surface area contributed by atoms with Crippen LogP contribution in [0.2, 0.25) is 10.3 Å². The minimum absolute atomic E-state index is 0.0943. The van der Waals surface area contributed by atoms with Crippen molar-refractivity contribution >= 4 is 34.7 Å². The van der Waals surface area contributed by atoms with Crippen LogP contribution in [-0.2, 0) is 4.74 Å². The third-order valence-electron chi connectivity index (χ3n) is 2.84. The molecule has 0 aliphatic rings. The highest BCUT2D eigenvalue weighted by molar-refractivity contribution is 6.33. The summed E-state index contributed by atoms with van der Waals surface area (Å²) in [6.45, 7) is 3.91. The zero-order valence-electron chi connectivity index (χ0n) is 13.0. The Morgan fingerprint density at radius 1 is 1.48 bits per heavy atom. The van der Waals surface area contributed by atoms with Crippen LogP contribution in [0.25, 0.3) is 0 Å². The molecule has 126 valence electrons. The van der Waals surface area contributed by atoms with Gasteiger partial charge in [-0.05, 0) is 24.9 Å². The predicted octanol–water partition coefficient (Wildman–Crippen LogP) is 3.20. The van der Waals surface area contributed by atoms with E-state index in [9.17, 15) is 10.1 Å². The number of ether oxygens (including phenoxy) is 1. The quantitative estimate of drug-likeness (QED) is 0.190. The Kier molecular flexibility index (Phi) is 7.70. The number of nitro groups is 1. The molecule has 0 saturated carbocycles. The molecule has 1 aromatic rings. The van der Waals surface area contributed by atoms with E-state index in [0.717, 1.165) is 0 Å². The maximum absolute atomic E-state index is 11.0. The van der Waals surface area contributed by atoms with Crippen molar-refractivity contribution in [1.82, 2.24) is 9.97 Å². The Labute approximate surface area is 143 Å². The smallest absolute Gasteiger partial charge is 0.326 e. The summed E-state index contributed by atoms with van der Waals surface area (Å²) in [5.41, 5.74) is 0.194. The van der Waals surface area contributed by atoms with Crippen LogP contribution in [0.5, 0.6) is 0 Å². The van der Waals surface area contributed by atoms with Crippen molar-refractivity contribution in [3.05, 3.63) is 38.1 Å². The van der Waals surface area contributed by atoms with Crippen LogP contribution in [-0.4, -0.2) is 40.8 Å². The number of nitrogens with zero attached hydrogens (tertiary/aromatic N) is 4. The number of aromatic nitrogens is 2. The lowest BCUT2D eigenvalue weighted by molar-refractivity contribution is -0.418. The zero-order chi connectivity index (χ0) is 17.4. The lowest BCUT2D eigenvalue weighted by Crippen LogP contribution is -2.13. The van der Waals surface area contributed by atoms with E-state index in [-0.39, 0.29) is 16.7 Å². The first-order valence-electron chi connectivity index (χ1n) is 6.70. The Bertz CT molecular complexity index is 634. The average molecular weight is 362 g/mol. The van der Waals surface area contributed by atoms with Gasteiger partial charge in [-0.25, -0.2) is 4.98 Å². The summed E-state index contributed by atoms with van der Waals surface area (Å²) in [6.07, 6.45) is 1.99. The van der Waals surface area contributed by atoms with Gasteiger partial charge in [-0.15, -0.1) is 0 Å². The van der Waals surface area contributed by atoms with Gasteiger partial charge in [-0.2, -0.15) is 4.98 Å². The number of allylic oxidation sites excluding steroid dienone is 2. The van der Waals surface area contributed by atoms with Gasteiger partial charge in [0.05, 0.1) is 17.7 Å². The molecule has 10 heteroatoms. The Morgan fingerprint density at radius 3 is 2.78 bits per heavy atom. The zero-order valence-corrected chi connectivity index (χ0v) is 14.5. The van der Waals surface area contributed by atoms with Crippen molar-refractivity contribution in [1.29, 1.82) is 0 Å². The van der Waals surface area contributed by atoms with Gasteiger partial charge < -0.3 is 10.1 Å². The molecule has 1 rings (SSSR count).